The van der Waals surface area contributed by atoms with Crippen LogP contribution in [0.5, 0.6) is 0 Å². The molecule has 0 aromatic carbocycles. The zero-order valence-corrected chi connectivity index (χ0v) is 10.4. The highest BCUT2D eigenvalue weighted by Crippen LogP contribution is 2.33. The van der Waals surface area contributed by atoms with Crippen molar-refractivity contribution in [2.45, 2.75) is 24.0 Å². The number of carboxylic acids is 1. The van der Waals surface area contributed by atoms with Gasteiger partial charge in [0.1, 0.15) is 11.1 Å². The molecule has 2 aliphatic heterocycles. The van der Waals surface area contributed by atoms with E-state index in [1.54, 1.807) is 6.92 Å². The minimum Gasteiger partial charge on any atom is -0.477 e. The number of carbonyl (C=O) groups excluding carboxylic acids is 1. The van der Waals surface area contributed by atoms with Gasteiger partial charge in [0.05, 0.1) is 22.5 Å². The third-order valence-corrected chi connectivity index (χ3v) is 4.19. The van der Waals surface area contributed by atoms with Crippen molar-refractivity contribution < 1.29 is 18.9 Å². The van der Waals surface area contributed by atoms with E-state index in [0.29, 0.717) is 0 Å². The number of amides is 1. The molecule has 7 heteroatoms. The molecule has 2 unspecified atom stereocenters. The minimum absolute atomic E-state index is 0. The molecule has 1 N–H and O–H groups in total. The van der Waals surface area contributed by atoms with Crippen LogP contribution in [0.3, 0.4) is 0 Å². The number of aliphatic carboxylic acids is 1. The first-order valence-corrected chi connectivity index (χ1v) is 5.46. The zero-order chi connectivity index (χ0) is 10.5. The fourth-order valence-corrected chi connectivity index (χ4v) is 3.16. The third-order valence-electron chi connectivity index (χ3n) is 2.41. The summed E-state index contributed by atoms with van der Waals surface area (Å²) >= 11 is 0. The van der Waals surface area contributed by atoms with Crippen molar-refractivity contribution in [2.24, 2.45) is 0 Å². The Kier molecular flexibility index (Phi) is 3.34. The molecule has 0 saturated carbocycles. The monoisotopic (exact) mass is 295 g/mol. The van der Waals surface area contributed by atoms with Crippen LogP contribution in [-0.2, 0) is 20.4 Å². The first-order chi connectivity index (χ1) is 6.52. The van der Waals surface area contributed by atoms with Gasteiger partial charge in [0.2, 0.25) is 5.91 Å². The van der Waals surface area contributed by atoms with Gasteiger partial charge in [-0.15, -0.1) is 17.0 Å². The summed E-state index contributed by atoms with van der Waals surface area (Å²) in [5.74, 6) is -1.39. The summed E-state index contributed by atoms with van der Waals surface area (Å²) in [6.45, 7) is 1.69. The van der Waals surface area contributed by atoms with Crippen molar-refractivity contribution in [3.8, 4) is 0 Å². The van der Waals surface area contributed by atoms with Gasteiger partial charge in [0, 0.05) is 0 Å². The molecule has 0 aliphatic carbocycles. The molecule has 3 atom stereocenters. The number of rotatable bonds is 1. The Balaban J connectivity index is 0.00000112. The molecule has 1 amide bonds. The Hall–Kier alpha value is -0.690. The van der Waals surface area contributed by atoms with E-state index >= 15 is 0 Å². The minimum atomic E-state index is -1.17. The summed E-state index contributed by atoms with van der Waals surface area (Å²) in [5.41, 5.74) is -0.0293. The second-order valence-corrected chi connectivity index (χ2v) is 5.26. The highest BCUT2D eigenvalue weighted by Gasteiger charge is 2.48. The molecule has 2 heterocycles. The van der Waals surface area contributed by atoms with Gasteiger partial charge in [0.25, 0.3) is 0 Å². The molecule has 15 heavy (non-hydrogen) atoms. The van der Waals surface area contributed by atoms with Crippen LogP contribution in [0.25, 0.3) is 0 Å². The SMILES string of the molecule is Br.CC1C=C(C(=O)O)N2C(=O)C[C@H]2S1=O. The van der Waals surface area contributed by atoms with E-state index in [-0.39, 0.29) is 40.3 Å². The largest absolute Gasteiger partial charge is 0.477 e. The second kappa shape index (κ2) is 4.05. The fraction of sp³-hybridized carbons (Fsp3) is 0.500. The van der Waals surface area contributed by atoms with Crippen LogP contribution in [0.1, 0.15) is 13.3 Å². The van der Waals surface area contributed by atoms with Crippen molar-refractivity contribution in [1.29, 1.82) is 0 Å². The summed E-state index contributed by atoms with van der Waals surface area (Å²) in [5, 5.41) is 8.10. The van der Waals surface area contributed by atoms with Crippen LogP contribution >= 0.6 is 17.0 Å². The Bertz CT molecular complexity index is 381. The second-order valence-electron chi connectivity index (χ2n) is 3.31. The van der Waals surface area contributed by atoms with Crippen LogP contribution in [0.4, 0.5) is 0 Å². The van der Waals surface area contributed by atoms with Gasteiger partial charge in [-0.25, -0.2) is 4.79 Å². The maximum Gasteiger partial charge on any atom is 0.352 e. The Morgan fingerprint density at radius 3 is 2.73 bits per heavy atom. The molecule has 1 saturated heterocycles. The number of fused-ring (bicyclic) bond motifs is 1. The van der Waals surface area contributed by atoms with Gasteiger partial charge in [0.15, 0.2) is 0 Å². The number of hydrogen-bond donors (Lipinski definition) is 1. The molecule has 0 spiro atoms. The maximum atomic E-state index is 11.6. The molecule has 2 rings (SSSR count). The molecule has 0 radical (unpaired) electrons. The number of halogens is 1. The first kappa shape index (κ1) is 12.4. The number of carboxylic acid groups (broad SMARTS) is 1. The number of nitrogens with zero attached hydrogens (tertiary/aromatic N) is 1. The van der Waals surface area contributed by atoms with Crippen molar-refractivity contribution in [3.63, 3.8) is 0 Å². The summed E-state index contributed by atoms with van der Waals surface area (Å²) < 4.78 is 11.6. The van der Waals surface area contributed by atoms with E-state index in [2.05, 4.69) is 0 Å². The van der Waals surface area contributed by atoms with Gasteiger partial charge >= 0.3 is 5.97 Å². The third kappa shape index (κ3) is 1.74. The van der Waals surface area contributed by atoms with Crippen LogP contribution in [0.15, 0.2) is 11.8 Å². The molecular weight excluding hydrogens is 286 g/mol. The Morgan fingerprint density at radius 2 is 2.27 bits per heavy atom. The molecule has 0 bridgehead atoms. The number of carbonyl (C=O) groups is 2. The van der Waals surface area contributed by atoms with E-state index in [1.165, 1.54) is 6.08 Å². The van der Waals surface area contributed by atoms with Gasteiger partial charge in [-0.2, -0.15) is 0 Å². The fourth-order valence-electron chi connectivity index (χ4n) is 1.65. The standard InChI is InChI=1S/C8H9NO4S.BrH/c1-4-2-5(8(11)12)9-6(10)3-7(9)14(4)13;/h2,4,7H,3H2,1H3,(H,11,12);1H/t4?,7-,14?;/m1./s1. The normalized spacial score (nSPS) is 33.4. The molecule has 0 aromatic heterocycles. The molecule has 5 nitrogen and oxygen atoms in total. The molecule has 84 valence electrons. The summed E-state index contributed by atoms with van der Waals surface area (Å²) in [6.07, 6.45) is 1.58. The van der Waals surface area contributed by atoms with Crippen molar-refractivity contribution in [3.05, 3.63) is 11.8 Å². The van der Waals surface area contributed by atoms with Crippen LogP contribution in [0.2, 0.25) is 0 Å². The van der Waals surface area contributed by atoms with Gasteiger partial charge in [-0.3, -0.25) is 13.9 Å². The predicted octanol–water partition coefficient (Wildman–Crippen LogP) is 0.242. The first-order valence-electron chi connectivity index (χ1n) is 4.19. The average molecular weight is 296 g/mol. The Labute approximate surface area is 99.4 Å². The van der Waals surface area contributed by atoms with E-state index < -0.39 is 22.1 Å². The number of β-lactam (4-membered cyclic amide) rings is 1. The van der Waals surface area contributed by atoms with E-state index in [1.807, 2.05) is 0 Å². The van der Waals surface area contributed by atoms with Gasteiger partial charge < -0.3 is 5.11 Å². The lowest BCUT2D eigenvalue weighted by Gasteiger charge is -2.43. The van der Waals surface area contributed by atoms with Crippen molar-refractivity contribution in [1.82, 2.24) is 4.90 Å². The topological polar surface area (TPSA) is 74.7 Å². The molecule has 1 fully saturated rings. The predicted molar refractivity (Wildman–Crippen MR) is 58.9 cm³/mol. The van der Waals surface area contributed by atoms with E-state index in [4.69, 9.17) is 5.11 Å². The summed E-state index contributed by atoms with van der Waals surface area (Å²) in [4.78, 5) is 23.0. The molecule has 0 aromatic rings. The van der Waals surface area contributed by atoms with Crippen LogP contribution < -0.4 is 0 Å². The summed E-state index contributed by atoms with van der Waals surface area (Å²) in [6, 6.07) is 0. The van der Waals surface area contributed by atoms with Crippen molar-refractivity contribution in [2.75, 3.05) is 0 Å². The lowest BCUT2D eigenvalue weighted by atomic mass is 10.1. The van der Waals surface area contributed by atoms with Crippen molar-refractivity contribution >= 4 is 39.7 Å². The highest BCUT2D eigenvalue weighted by atomic mass is 79.9. The number of hydrogen-bond acceptors (Lipinski definition) is 3. The Morgan fingerprint density at radius 1 is 1.67 bits per heavy atom. The van der Waals surface area contributed by atoms with Crippen LogP contribution in [-0.4, -0.2) is 36.7 Å². The zero-order valence-electron chi connectivity index (χ0n) is 7.87. The lowest BCUT2D eigenvalue weighted by Crippen LogP contribution is -2.58. The smallest absolute Gasteiger partial charge is 0.352 e. The highest BCUT2D eigenvalue weighted by molar-refractivity contribution is 8.93. The molecular formula is C8H10BrNO4S. The van der Waals surface area contributed by atoms with Gasteiger partial charge in [-0.1, -0.05) is 0 Å². The van der Waals surface area contributed by atoms with E-state index in [0.717, 1.165) is 4.90 Å². The van der Waals surface area contributed by atoms with Crippen LogP contribution in [0, 0.1) is 0 Å². The average Bonchev–Trinajstić information content (AvgIpc) is 2.09. The quantitative estimate of drug-likeness (QED) is 0.704. The maximum absolute atomic E-state index is 11.6. The summed E-state index contributed by atoms with van der Waals surface area (Å²) in [7, 11) is -1.17. The van der Waals surface area contributed by atoms with E-state index in [9.17, 15) is 13.8 Å². The lowest BCUT2D eigenvalue weighted by molar-refractivity contribution is -0.146. The molecule has 2 aliphatic rings. The van der Waals surface area contributed by atoms with Gasteiger partial charge in [-0.05, 0) is 13.0 Å².